The van der Waals surface area contributed by atoms with E-state index in [2.05, 4.69) is 97.9 Å². The molecule has 1 aliphatic heterocycles. The van der Waals surface area contributed by atoms with E-state index < -0.39 is 0 Å². The summed E-state index contributed by atoms with van der Waals surface area (Å²) in [5.41, 5.74) is 6.08. The Balaban J connectivity index is 1.76. The zero-order valence-corrected chi connectivity index (χ0v) is 15.2. The van der Waals surface area contributed by atoms with Crippen molar-refractivity contribution >= 4 is 16.3 Å². The lowest BCUT2D eigenvalue weighted by Gasteiger charge is -2.27. The smallest absolute Gasteiger partial charge is 0.143 e. The van der Waals surface area contributed by atoms with Crippen LogP contribution in [0.5, 0.6) is 5.75 Å². The lowest BCUT2D eigenvalue weighted by Crippen LogP contribution is -2.12. The average Bonchev–Trinajstić information content (AvgIpc) is 2.74. The number of benzene rings is 4. The number of ether oxygens (including phenoxy) is 1. The SMILES string of the molecule is Cc1ccc(C2=CC(c3ccccc3)Oc3ccc4ccccc4c32)cc1. The van der Waals surface area contributed by atoms with E-state index in [4.69, 9.17) is 4.74 Å². The van der Waals surface area contributed by atoms with Gasteiger partial charge in [0.1, 0.15) is 11.9 Å². The molecule has 1 unspecified atom stereocenters. The van der Waals surface area contributed by atoms with Crippen LogP contribution in [0.3, 0.4) is 0 Å². The van der Waals surface area contributed by atoms with Gasteiger partial charge in [-0.3, -0.25) is 0 Å². The highest BCUT2D eigenvalue weighted by Crippen LogP contribution is 2.44. The second-order valence-electron chi connectivity index (χ2n) is 7.06. The largest absolute Gasteiger partial charge is 0.481 e. The number of rotatable bonds is 2. The molecular weight excluding hydrogens is 328 g/mol. The molecule has 0 aromatic heterocycles. The summed E-state index contributed by atoms with van der Waals surface area (Å²) in [6, 6.07) is 32.0. The first-order valence-corrected chi connectivity index (χ1v) is 9.32. The van der Waals surface area contributed by atoms with Crippen molar-refractivity contribution in [2.45, 2.75) is 13.0 Å². The molecule has 1 atom stereocenters. The highest BCUT2D eigenvalue weighted by atomic mass is 16.5. The molecule has 0 radical (unpaired) electrons. The maximum Gasteiger partial charge on any atom is 0.143 e. The number of hydrogen-bond donors (Lipinski definition) is 0. The van der Waals surface area contributed by atoms with Crippen molar-refractivity contribution in [3.05, 3.63) is 119 Å². The van der Waals surface area contributed by atoms with Gasteiger partial charge in [0.25, 0.3) is 0 Å². The Morgan fingerprint density at radius 2 is 1.44 bits per heavy atom. The summed E-state index contributed by atoms with van der Waals surface area (Å²) in [5, 5.41) is 2.46. The third-order valence-electron chi connectivity index (χ3n) is 5.22. The Morgan fingerprint density at radius 3 is 2.26 bits per heavy atom. The van der Waals surface area contributed by atoms with Crippen LogP contribution in [0.2, 0.25) is 0 Å². The van der Waals surface area contributed by atoms with E-state index in [0.29, 0.717) is 0 Å². The zero-order valence-electron chi connectivity index (χ0n) is 15.2. The molecule has 130 valence electrons. The van der Waals surface area contributed by atoms with Crippen LogP contribution in [0.1, 0.15) is 28.4 Å². The number of fused-ring (bicyclic) bond motifs is 3. The standard InChI is InChI=1S/C26H20O/c1-18-11-13-20(14-12-18)23-17-25(21-8-3-2-4-9-21)27-24-16-15-19-7-5-6-10-22(19)26(23)24/h2-17,25H,1H3. The van der Waals surface area contributed by atoms with E-state index in [9.17, 15) is 0 Å². The van der Waals surface area contributed by atoms with E-state index in [1.54, 1.807) is 0 Å². The second-order valence-corrected chi connectivity index (χ2v) is 7.06. The van der Waals surface area contributed by atoms with Gasteiger partial charge in [-0.2, -0.15) is 0 Å². The Kier molecular flexibility index (Phi) is 3.79. The predicted octanol–water partition coefficient (Wildman–Crippen LogP) is 6.71. The maximum atomic E-state index is 6.43. The van der Waals surface area contributed by atoms with Crippen molar-refractivity contribution in [3.8, 4) is 5.75 Å². The van der Waals surface area contributed by atoms with E-state index in [-0.39, 0.29) is 6.10 Å². The number of hydrogen-bond acceptors (Lipinski definition) is 1. The molecule has 4 aromatic rings. The molecule has 0 fully saturated rings. The quantitative estimate of drug-likeness (QED) is 0.391. The van der Waals surface area contributed by atoms with Gasteiger partial charge in [-0.25, -0.2) is 0 Å². The normalized spacial score (nSPS) is 15.7. The molecular formula is C26H20O. The minimum Gasteiger partial charge on any atom is -0.481 e. The fraction of sp³-hybridized carbons (Fsp3) is 0.0769. The molecule has 4 aromatic carbocycles. The summed E-state index contributed by atoms with van der Waals surface area (Å²) >= 11 is 0. The molecule has 0 spiro atoms. The van der Waals surface area contributed by atoms with Crippen LogP contribution in [-0.4, -0.2) is 0 Å². The minimum absolute atomic E-state index is 0.0869. The molecule has 0 saturated carbocycles. The van der Waals surface area contributed by atoms with Gasteiger partial charge in [-0.1, -0.05) is 90.5 Å². The van der Waals surface area contributed by atoms with Crippen LogP contribution < -0.4 is 4.74 Å². The Bertz CT molecular complexity index is 1140. The summed E-state index contributed by atoms with van der Waals surface area (Å²) < 4.78 is 6.43. The third-order valence-corrected chi connectivity index (χ3v) is 5.22. The fourth-order valence-electron chi connectivity index (χ4n) is 3.81. The minimum atomic E-state index is -0.0869. The van der Waals surface area contributed by atoms with Crippen LogP contribution in [0, 0.1) is 6.92 Å². The molecule has 27 heavy (non-hydrogen) atoms. The molecule has 5 rings (SSSR count). The third kappa shape index (κ3) is 2.82. The maximum absolute atomic E-state index is 6.43. The summed E-state index contributed by atoms with van der Waals surface area (Å²) in [6.07, 6.45) is 2.17. The van der Waals surface area contributed by atoms with E-state index in [1.165, 1.54) is 38.6 Å². The topological polar surface area (TPSA) is 9.23 Å². The van der Waals surface area contributed by atoms with E-state index in [1.807, 2.05) is 6.07 Å². The summed E-state index contributed by atoms with van der Waals surface area (Å²) in [6.45, 7) is 2.12. The molecule has 0 bridgehead atoms. The molecule has 0 aliphatic carbocycles. The number of aryl methyl sites for hydroxylation is 1. The van der Waals surface area contributed by atoms with Crippen molar-refractivity contribution in [2.75, 3.05) is 0 Å². The molecule has 1 heterocycles. The first-order chi connectivity index (χ1) is 13.3. The van der Waals surface area contributed by atoms with Crippen LogP contribution in [0.25, 0.3) is 16.3 Å². The molecule has 0 amide bonds. The Labute approximate surface area is 159 Å². The fourth-order valence-corrected chi connectivity index (χ4v) is 3.81. The molecule has 0 saturated heterocycles. The highest BCUT2D eigenvalue weighted by molar-refractivity contribution is 6.01. The summed E-state index contributed by atoms with van der Waals surface area (Å²) in [5.74, 6) is 0.945. The first-order valence-electron chi connectivity index (χ1n) is 9.32. The van der Waals surface area contributed by atoms with Crippen LogP contribution in [0.15, 0.2) is 97.1 Å². The molecule has 1 aliphatic rings. The van der Waals surface area contributed by atoms with Crippen LogP contribution >= 0.6 is 0 Å². The van der Waals surface area contributed by atoms with E-state index in [0.717, 1.165) is 5.75 Å². The lowest BCUT2D eigenvalue weighted by molar-refractivity contribution is 0.251. The van der Waals surface area contributed by atoms with Gasteiger partial charge in [0, 0.05) is 5.56 Å². The van der Waals surface area contributed by atoms with Crippen molar-refractivity contribution < 1.29 is 4.74 Å². The molecule has 1 heteroatoms. The Morgan fingerprint density at radius 1 is 0.704 bits per heavy atom. The summed E-state index contributed by atoms with van der Waals surface area (Å²) in [7, 11) is 0. The lowest BCUT2D eigenvalue weighted by atomic mass is 9.88. The van der Waals surface area contributed by atoms with Crippen molar-refractivity contribution in [3.63, 3.8) is 0 Å². The van der Waals surface area contributed by atoms with Gasteiger partial charge in [0.05, 0.1) is 0 Å². The van der Waals surface area contributed by atoms with E-state index >= 15 is 0 Å². The van der Waals surface area contributed by atoms with Crippen molar-refractivity contribution in [1.29, 1.82) is 0 Å². The monoisotopic (exact) mass is 348 g/mol. The predicted molar refractivity (Wildman–Crippen MR) is 112 cm³/mol. The van der Waals surface area contributed by atoms with Crippen molar-refractivity contribution in [2.24, 2.45) is 0 Å². The van der Waals surface area contributed by atoms with Gasteiger partial charge in [0.2, 0.25) is 0 Å². The second kappa shape index (κ2) is 6.44. The Hall–Kier alpha value is -3.32. The van der Waals surface area contributed by atoms with Crippen molar-refractivity contribution in [1.82, 2.24) is 0 Å². The average molecular weight is 348 g/mol. The zero-order chi connectivity index (χ0) is 18.2. The van der Waals surface area contributed by atoms with Gasteiger partial charge in [0.15, 0.2) is 0 Å². The molecule has 0 N–H and O–H groups in total. The van der Waals surface area contributed by atoms with Crippen LogP contribution in [-0.2, 0) is 0 Å². The van der Waals surface area contributed by atoms with Gasteiger partial charge < -0.3 is 4.74 Å². The molecule has 1 nitrogen and oxygen atoms in total. The van der Waals surface area contributed by atoms with Gasteiger partial charge in [-0.15, -0.1) is 0 Å². The highest BCUT2D eigenvalue weighted by Gasteiger charge is 2.24. The van der Waals surface area contributed by atoms with Crippen LogP contribution in [0.4, 0.5) is 0 Å². The first kappa shape index (κ1) is 15.9. The van der Waals surface area contributed by atoms with Gasteiger partial charge >= 0.3 is 0 Å². The van der Waals surface area contributed by atoms with Gasteiger partial charge in [-0.05, 0) is 46.5 Å². The summed E-state index contributed by atoms with van der Waals surface area (Å²) in [4.78, 5) is 0.